The quantitative estimate of drug-likeness (QED) is 0.633. The summed E-state index contributed by atoms with van der Waals surface area (Å²) < 4.78 is 40.9. The Kier molecular flexibility index (Phi) is 4.73. The molecule has 1 atom stereocenters. The van der Waals surface area contributed by atoms with Crippen LogP contribution in [0.4, 0.5) is 13.2 Å². The minimum atomic E-state index is -4.65. The van der Waals surface area contributed by atoms with E-state index in [9.17, 15) is 18.0 Å². The highest BCUT2D eigenvalue weighted by Crippen LogP contribution is 2.37. The van der Waals surface area contributed by atoms with Gasteiger partial charge in [-0.2, -0.15) is 17.9 Å². The van der Waals surface area contributed by atoms with Gasteiger partial charge in [-0.15, -0.1) is 5.10 Å². The molecule has 3 aromatic rings. The minimum Gasteiger partial charge on any atom is -0.329 e. The lowest BCUT2D eigenvalue weighted by atomic mass is 10.0. The Bertz CT molecular complexity index is 1070. The van der Waals surface area contributed by atoms with E-state index >= 15 is 0 Å². The van der Waals surface area contributed by atoms with E-state index in [1.807, 2.05) is 0 Å². The van der Waals surface area contributed by atoms with Crippen molar-refractivity contribution in [2.75, 3.05) is 0 Å². The average Bonchev–Trinajstić information content (AvgIpc) is 3.09. The van der Waals surface area contributed by atoms with Crippen LogP contribution in [0.3, 0.4) is 0 Å². The molecule has 0 bridgehead atoms. The second kappa shape index (κ2) is 7.11. The van der Waals surface area contributed by atoms with E-state index in [1.165, 1.54) is 21.7 Å². The number of hydrogen-bond donors (Lipinski definition) is 0. The maximum atomic E-state index is 13.1. The van der Waals surface area contributed by atoms with Gasteiger partial charge in [0.15, 0.2) is 0 Å². The summed E-state index contributed by atoms with van der Waals surface area (Å²) >= 11 is 5.92. The van der Waals surface area contributed by atoms with Crippen LogP contribution in [-0.4, -0.2) is 41.8 Å². The zero-order valence-corrected chi connectivity index (χ0v) is 15.8. The number of halogens is 4. The van der Waals surface area contributed by atoms with Gasteiger partial charge in [-0.05, 0) is 25.1 Å². The number of aromatic nitrogens is 5. The van der Waals surface area contributed by atoms with Crippen molar-refractivity contribution in [3.8, 4) is 5.95 Å². The molecule has 0 saturated heterocycles. The molecule has 2 aromatic heterocycles. The highest BCUT2D eigenvalue weighted by atomic mass is 35.5. The molecular weight excluding hydrogens is 409 g/mol. The predicted molar refractivity (Wildman–Crippen MR) is 96.4 cm³/mol. The summed E-state index contributed by atoms with van der Waals surface area (Å²) in [6.45, 7) is 1.89. The zero-order chi connectivity index (χ0) is 20.8. The summed E-state index contributed by atoms with van der Waals surface area (Å²) in [4.78, 5) is 22.7. The maximum Gasteiger partial charge on any atom is 0.417 e. The van der Waals surface area contributed by atoms with Gasteiger partial charge in [0.05, 0.1) is 28.4 Å². The average molecular weight is 423 g/mol. The highest BCUT2D eigenvalue weighted by molar-refractivity contribution is 6.34. The van der Waals surface area contributed by atoms with Crippen LogP contribution in [-0.2, 0) is 19.1 Å². The Morgan fingerprint density at radius 2 is 1.93 bits per heavy atom. The fourth-order valence-electron chi connectivity index (χ4n) is 3.27. The molecule has 1 aliphatic heterocycles. The Balaban J connectivity index is 1.66. The van der Waals surface area contributed by atoms with Gasteiger partial charge < -0.3 is 4.90 Å². The van der Waals surface area contributed by atoms with Gasteiger partial charge in [0.2, 0.25) is 0 Å². The van der Waals surface area contributed by atoms with Gasteiger partial charge in [0, 0.05) is 24.9 Å². The summed E-state index contributed by atoms with van der Waals surface area (Å²) in [6, 6.07) is 4.67. The molecule has 0 saturated carbocycles. The van der Waals surface area contributed by atoms with E-state index in [0.29, 0.717) is 18.1 Å². The molecule has 7 nitrogen and oxygen atoms in total. The second-order valence-corrected chi connectivity index (χ2v) is 6.97. The first-order chi connectivity index (χ1) is 13.8. The number of carbonyl (C=O) groups excluding carboxylic acids is 1. The molecule has 0 N–H and O–H groups in total. The molecule has 3 heterocycles. The van der Waals surface area contributed by atoms with Crippen LogP contribution in [0.15, 0.2) is 36.7 Å². The molecule has 150 valence electrons. The second-order valence-electron chi connectivity index (χ2n) is 6.59. The van der Waals surface area contributed by atoms with E-state index in [4.69, 9.17) is 11.6 Å². The van der Waals surface area contributed by atoms with E-state index in [1.54, 1.807) is 25.4 Å². The Morgan fingerprint density at radius 1 is 1.21 bits per heavy atom. The van der Waals surface area contributed by atoms with Gasteiger partial charge in [-0.25, -0.2) is 9.97 Å². The molecule has 0 fully saturated rings. The molecule has 1 amide bonds. The molecule has 1 aliphatic rings. The van der Waals surface area contributed by atoms with Crippen LogP contribution >= 0.6 is 11.6 Å². The highest BCUT2D eigenvalue weighted by Gasteiger charge is 2.37. The summed E-state index contributed by atoms with van der Waals surface area (Å²) in [5.74, 6) is -0.237. The van der Waals surface area contributed by atoms with Crippen LogP contribution < -0.4 is 0 Å². The van der Waals surface area contributed by atoms with Gasteiger partial charge in [0.1, 0.15) is 5.69 Å². The lowest BCUT2D eigenvalue weighted by molar-refractivity contribution is -0.137. The van der Waals surface area contributed by atoms with Crippen LogP contribution in [0.1, 0.15) is 34.2 Å². The van der Waals surface area contributed by atoms with E-state index < -0.39 is 22.7 Å². The Morgan fingerprint density at radius 3 is 2.62 bits per heavy atom. The van der Waals surface area contributed by atoms with Crippen molar-refractivity contribution in [1.29, 1.82) is 0 Å². The van der Waals surface area contributed by atoms with E-state index in [0.717, 1.165) is 11.8 Å². The molecule has 0 spiro atoms. The largest absolute Gasteiger partial charge is 0.417 e. The number of carbonyl (C=O) groups is 1. The van der Waals surface area contributed by atoms with Gasteiger partial charge in [-0.3, -0.25) is 4.79 Å². The lowest BCUT2D eigenvalue weighted by Gasteiger charge is -2.33. The number of alkyl halides is 3. The van der Waals surface area contributed by atoms with Crippen molar-refractivity contribution in [2.45, 2.75) is 32.1 Å². The zero-order valence-electron chi connectivity index (χ0n) is 15.1. The Labute approximate surface area is 168 Å². The number of benzene rings is 1. The molecule has 0 aliphatic carbocycles. The smallest absolute Gasteiger partial charge is 0.329 e. The number of hydrogen-bond acceptors (Lipinski definition) is 5. The van der Waals surface area contributed by atoms with E-state index in [2.05, 4.69) is 20.3 Å². The summed E-state index contributed by atoms with van der Waals surface area (Å²) in [7, 11) is 0. The first-order valence-electron chi connectivity index (χ1n) is 8.65. The maximum absolute atomic E-state index is 13.1. The summed E-state index contributed by atoms with van der Waals surface area (Å²) in [6.07, 6.45) is -1.10. The Hall–Kier alpha value is -3.01. The third-order valence-corrected chi connectivity index (χ3v) is 5.13. The first-order valence-corrected chi connectivity index (χ1v) is 9.02. The number of rotatable bonds is 2. The monoisotopic (exact) mass is 422 g/mol. The van der Waals surface area contributed by atoms with Crippen molar-refractivity contribution in [3.63, 3.8) is 0 Å². The molecule has 0 unspecified atom stereocenters. The number of amides is 1. The van der Waals surface area contributed by atoms with Crippen LogP contribution in [0.2, 0.25) is 5.02 Å². The molecule has 1 aromatic carbocycles. The van der Waals surface area contributed by atoms with Gasteiger partial charge in [-0.1, -0.05) is 22.9 Å². The standard InChI is InChI=1S/C18H14ClF3N6O/c1-10-8-14-13(25-26-28(14)17-23-6-3-7-24-17)9-27(10)16(29)11-4-2-5-12(15(11)19)18(20,21)22/h2-7,10H,8-9H2,1H3/t10-/m0/s1. The van der Waals surface area contributed by atoms with Crippen molar-refractivity contribution in [1.82, 2.24) is 29.9 Å². The molecule has 29 heavy (non-hydrogen) atoms. The van der Waals surface area contributed by atoms with E-state index in [-0.39, 0.29) is 18.2 Å². The number of nitrogens with zero attached hydrogens (tertiary/aromatic N) is 6. The minimum absolute atomic E-state index is 0.0920. The summed E-state index contributed by atoms with van der Waals surface area (Å²) in [5, 5.41) is 7.55. The first kappa shape index (κ1) is 19.3. The third-order valence-electron chi connectivity index (χ3n) is 4.72. The van der Waals surface area contributed by atoms with Crippen LogP contribution in [0, 0.1) is 0 Å². The van der Waals surface area contributed by atoms with Crippen molar-refractivity contribution >= 4 is 17.5 Å². The fraction of sp³-hybridized carbons (Fsp3) is 0.278. The van der Waals surface area contributed by atoms with Crippen LogP contribution in [0.25, 0.3) is 5.95 Å². The fourth-order valence-corrected chi connectivity index (χ4v) is 3.59. The topological polar surface area (TPSA) is 76.8 Å². The normalized spacial score (nSPS) is 16.6. The predicted octanol–water partition coefficient (Wildman–Crippen LogP) is 3.32. The molecule has 11 heteroatoms. The SMILES string of the molecule is C[C@H]1Cc2c(nnn2-c2ncccn2)CN1C(=O)c1cccc(C(F)(F)F)c1Cl. The van der Waals surface area contributed by atoms with Gasteiger partial charge in [0.25, 0.3) is 11.9 Å². The lowest BCUT2D eigenvalue weighted by Crippen LogP contribution is -2.43. The number of fused-ring (bicyclic) bond motifs is 1. The molecular formula is C18H14ClF3N6O. The third kappa shape index (κ3) is 3.44. The van der Waals surface area contributed by atoms with Crippen molar-refractivity contribution in [2.24, 2.45) is 0 Å². The van der Waals surface area contributed by atoms with Crippen LogP contribution in [0.5, 0.6) is 0 Å². The summed E-state index contributed by atoms with van der Waals surface area (Å²) in [5.41, 5.74) is 0.0491. The molecule has 4 rings (SSSR count). The van der Waals surface area contributed by atoms with Crippen molar-refractivity contribution < 1.29 is 18.0 Å². The van der Waals surface area contributed by atoms with Gasteiger partial charge >= 0.3 is 6.18 Å². The van der Waals surface area contributed by atoms with Crippen molar-refractivity contribution in [3.05, 3.63) is 64.2 Å². The molecule has 0 radical (unpaired) electrons.